The first-order valence-corrected chi connectivity index (χ1v) is 8.33. The van der Waals surface area contributed by atoms with Gasteiger partial charge in [0.2, 0.25) is 5.16 Å². The van der Waals surface area contributed by atoms with Crippen LogP contribution in [0.2, 0.25) is 0 Å². The molecule has 2 aromatic heterocycles. The number of furan rings is 1. The Kier molecular flexibility index (Phi) is 4.77. The molecule has 0 spiro atoms. The highest BCUT2D eigenvalue weighted by Gasteiger charge is 2.21. The molecule has 0 bridgehead atoms. The maximum atomic E-state index is 11.6. The monoisotopic (exact) mass is 322 g/mol. The van der Waals surface area contributed by atoms with Crippen LogP contribution in [-0.4, -0.2) is 33.3 Å². The van der Waals surface area contributed by atoms with Gasteiger partial charge in [-0.05, 0) is 29.3 Å². The van der Waals surface area contributed by atoms with Crippen LogP contribution >= 0.6 is 11.8 Å². The molecule has 0 atom stereocenters. The number of thioether (sulfide) groups is 1. The van der Waals surface area contributed by atoms with E-state index in [4.69, 9.17) is 9.15 Å². The fraction of sp³-hybridized carbons (Fsp3) is 0.571. The molecule has 2 aromatic rings. The summed E-state index contributed by atoms with van der Waals surface area (Å²) in [6.07, 6.45) is 7.46. The van der Waals surface area contributed by atoms with Crippen molar-refractivity contribution in [1.82, 2.24) is 20.2 Å². The number of carbonyl (C=O) groups excluding carboxylic acids is 1. The number of hydrogen-bond donors (Lipinski definition) is 0. The second kappa shape index (κ2) is 6.95. The second-order valence-electron chi connectivity index (χ2n) is 5.24. The highest BCUT2D eigenvalue weighted by Crippen LogP contribution is 2.31. The van der Waals surface area contributed by atoms with Crippen LogP contribution in [0.15, 0.2) is 21.9 Å². The molecule has 8 heteroatoms. The molecule has 1 fully saturated rings. The molecule has 0 N–H and O–H groups in total. The number of hydrogen-bond acceptors (Lipinski definition) is 7. The van der Waals surface area contributed by atoms with E-state index in [1.165, 1.54) is 44.4 Å². The van der Waals surface area contributed by atoms with Gasteiger partial charge in [-0.15, -0.1) is 5.10 Å². The third-order valence-corrected chi connectivity index (χ3v) is 4.80. The van der Waals surface area contributed by atoms with E-state index in [1.807, 2.05) is 4.68 Å². The minimum Gasteiger partial charge on any atom is -0.468 e. The smallest absolute Gasteiger partial charge is 0.341 e. The average Bonchev–Trinajstić information content (AvgIpc) is 3.21. The first-order chi connectivity index (χ1) is 10.8. The molecule has 0 aliphatic heterocycles. The van der Waals surface area contributed by atoms with Crippen LogP contribution in [-0.2, 0) is 10.5 Å². The summed E-state index contributed by atoms with van der Waals surface area (Å²) in [7, 11) is 1.36. The van der Waals surface area contributed by atoms with E-state index in [-0.39, 0.29) is 0 Å². The lowest BCUT2D eigenvalue weighted by Crippen LogP contribution is -2.15. The summed E-state index contributed by atoms with van der Waals surface area (Å²) in [6.45, 7) is 0. The fourth-order valence-corrected chi connectivity index (χ4v) is 3.61. The Balaban J connectivity index is 1.68. The summed E-state index contributed by atoms with van der Waals surface area (Å²) in [5.41, 5.74) is 0.451. The first kappa shape index (κ1) is 15.1. The van der Waals surface area contributed by atoms with Gasteiger partial charge < -0.3 is 9.15 Å². The van der Waals surface area contributed by atoms with Crippen LogP contribution in [0.5, 0.6) is 0 Å². The van der Waals surface area contributed by atoms with Crippen molar-refractivity contribution in [3.63, 3.8) is 0 Å². The molecule has 0 aromatic carbocycles. The summed E-state index contributed by atoms with van der Waals surface area (Å²) in [4.78, 5) is 11.6. The number of carbonyl (C=O) groups is 1. The number of methoxy groups -OCH3 is 1. The van der Waals surface area contributed by atoms with Crippen molar-refractivity contribution in [2.75, 3.05) is 7.11 Å². The molecular formula is C14H18N4O3S. The van der Waals surface area contributed by atoms with Crippen LogP contribution < -0.4 is 0 Å². The third-order valence-electron chi connectivity index (χ3n) is 3.87. The molecule has 1 saturated carbocycles. The number of ether oxygens (including phenoxy) is 1. The van der Waals surface area contributed by atoms with Crippen molar-refractivity contribution >= 4 is 17.7 Å². The van der Waals surface area contributed by atoms with Gasteiger partial charge >= 0.3 is 5.97 Å². The summed E-state index contributed by atoms with van der Waals surface area (Å²) in [5, 5.41) is 12.8. The van der Waals surface area contributed by atoms with Crippen molar-refractivity contribution in [1.29, 1.82) is 0 Å². The normalized spacial score (nSPS) is 15.9. The Morgan fingerprint density at radius 2 is 2.27 bits per heavy atom. The minimum absolute atomic E-state index is 0.378. The maximum absolute atomic E-state index is 11.6. The number of rotatable bonds is 5. The second-order valence-corrected chi connectivity index (χ2v) is 6.18. The van der Waals surface area contributed by atoms with Crippen molar-refractivity contribution in [2.24, 2.45) is 0 Å². The van der Waals surface area contributed by atoms with Gasteiger partial charge in [0, 0.05) is 0 Å². The average molecular weight is 322 g/mol. The van der Waals surface area contributed by atoms with Gasteiger partial charge in [-0.25, -0.2) is 9.48 Å². The fourth-order valence-electron chi connectivity index (χ4n) is 2.71. The van der Waals surface area contributed by atoms with Gasteiger partial charge in [0.1, 0.15) is 11.3 Å². The van der Waals surface area contributed by atoms with Crippen molar-refractivity contribution in [3.05, 3.63) is 23.7 Å². The molecule has 3 rings (SSSR count). The van der Waals surface area contributed by atoms with E-state index >= 15 is 0 Å². The van der Waals surface area contributed by atoms with E-state index in [0.29, 0.717) is 23.1 Å². The number of aromatic nitrogens is 4. The molecule has 0 unspecified atom stereocenters. The number of nitrogens with zero attached hydrogens (tertiary/aromatic N) is 4. The van der Waals surface area contributed by atoms with Crippen LogP contribution in [0.4, 0.5) is 0 Å². The third kappa shape index (κ3) is 3.16. The Bertz CT molecular complexity index is 634. The molecule has 0 radical (unpaired) electrons. The molecule has 1 aliphatic carbocycles. The Morgan fingerprint density at radius 3 is 3.05 bits per heavy atom. The Morgan fingerprint density at radius 1 is 1.45 bits per heavy atom. The lowest BCUT2D eigenvalue weighted by Gasteiger charge is -2.21. The van der Waals surface area contributed by atoms with E-state index in [9.17, 15) is 4.79 Å². The van der Waals surface area contributed by atoms with E-state index < -0.39 is 5.97 Å². The van der Waals surface area contributed by atoms with E-state index in [0.717, 1.165) is 18.0 Å². The molecule has 2 heterocycles. The van der Waals surface area contributed by atoms with E-state index in [2.05, 4.69) is 15.5 Å². The predicted octanol–water partition coefficient (Wildman–Crippen LogP) is 2.85. The van der Waals surface area contributed by atoms with Crippen molar-refractivity contribution in [2.45, 2.75) is 49.1 Å². The van der Waals surface area contributed by atoms with Gasteiger partial charge in [0.15, 0.2) is 0 Å². The van der Waals surface area contributed by atoms with Gasteiger partial charge in [-0.3, -0.25) is 0 Å². The Hall–Kier alpha value is -1.83. The molecular weight excluding hydrogens is 304 g/mol. The lowest BCUT2D eigenvalue weighted by molar-refractivity contribution is 0.0598. The molecule has 7 nitrogen and oxygen atoms in total. The number of esters is 1. The zero-order valence-electron chi connectivity index (χ0n) is 12.4. The summed E-state index contributed by atoms with van der Waals surface area (Å²) < 4.78 is 12.0. The predicted molar refractivity (Wildman–Crippen MR) is 79.5 cm³/mol. The van der Waals surface area contributed by atoms with Crippen LogP contribution in [0.25, 0.3) is 0 Å². The van der Waals surface area contributed by atoms with Crippen LogP contribution in [0.3, 0.4) is 0 Å². The summed E-state index contributed by atoms with van der Waals surface area (Å²) >= 11 is 1.47. The summed E-state index contributed by atoms with van der Waals surface area (Å²) in [6, 6.07) is 1.99. The number of tetrazole rings is 1. The van der Waals surface area contributed by atoms with Crippen molar-refractivity contribution < 1.29 is 13.9 Å². The van der Waals surface area contributed by atoms with Gasteiger partial charge in [-0.2, -0.15) is 0 Å². The molecule has 0 amide bonds. The quantitative estimate of drug-likeness (QED) is 0.618. The summed E-state index contributed by atoms with van der Waals surface area (Å²) in [5.74, 6) is 0.677. The van der Waals surface area contributed by atoms with Gasteiger partial charge in [0.05, 0.1) is 25.2 Å². The topological polar surface area (TPSA) is 83.0 Å². The van der Waals surface area contributed by atoms with Gasteiger partial charge in [0.25, 0.3) is 0 Å². The largest absolute Gasteiger partial charge is 0.468 e. The lowest BCUT2D eigenvalue weighted by atomic mass is 9.96. The molecule has 22 heavy (non-hydrogen) atoms. The maximum Gasteiger partial charge on any atom is 0.341 e. The van der Waals surface area contributed by atoms with Crippen LogP contribution in [0, 0.1) is 0 Å². The SMILES string of the molecule is COC(=O)c1ccoc1CSc1nnnn1C1CCCCC1. The highest BCUT2D eigenvalue weighted by molar-refractivity contribution is 7.98. The van der Waals surface area contributed by atoms with Gasteiger partial charge in [-0.1, -0.05) is 31.0 Å². The zero-order chi connectivity index (χ0) is 15.4. The highest BCUT2D eigenvalue weighted by atomic mass is 32.2. The molecule has 0 saturated heterocycles. The zero-order valence-corrected chi connectivity index (χ0v) is 13.2. The standard InChI is InChI=1S/C14H18N4O3S/c1-20-13(19)11-7-8-21-12(11)9-22-14-15-16-17-18(14)10-5-3-2-4-6-10/h7-8,10H,2-6,9H2,1H3. The first-order valence-electron chi connectivity index (χ1n) is 7.35. The molecule has 1 aliphatic rings. The minimum atomic E-state index is -0.392. The van der Waals surface area contributed by atoms with E-state index in [1.54, 1.807) is 6.07 Å². The Labute approximate surface area is 132 Å². The molecule has 118 valence electrons. The van der Waals surface area contributed by atoms with Crippen LogP contribution in [0.1, 0.15) is 54.3 Å². The van der Waals surface area contributed by atoms with Crippen molar-refractivity contribution in [3.8, 4) is 0 Å².